The van der Waals surface area contributed by atoms with Crippen molar-refractivity contribution in [3.63, 3.8) is 0 Å². The number of hydrogen-bond donors (Lipinski definition) is 0. The van der Waals surface area contributed by atoms with Gasteiger partial charge in [0, 0.05) is 36.7 Å². The van der Waals surface area contributed by atoms with Crippen molar-refractivity contribution in [1.82, 2.24) is 9.97 Å². The maximum Gasteiger partial charge on any atom is 0.147 e. The average molecular weight is 313 g/mol. The van der Waals surface area contributed by atoms with E-state index < -0.39 is 0 Å². The standard InChI is InChI=1S/C12H11BrClN3/c1-17(8-9-3-2-4-15-6-9)12-11(14)5-10(13)7-16-12/h2-7H,8H2,1H3. The van der Waals surface area contributed by atoms with Crippen LogP contribution in [0, 0.1) is 0 Å². The van der Waals surface area contributed by atoms with Crippen LogP contribution in [0.15, 0.2) is 41.3 Å². The molecule has 2 rings (SSSR count). The molecule has 0 aliphatic rings. The lowest BCUT2D eigenvalue weighted by atomic mass is 10.2. The molecule has 17 heavy (non-hydrogen) atoms. The topological polar surface area (TPSA) is 29.0 Å². The molecule has 0 spiro atoms. The van der Waals surface area contributed by atoms with Gasteiger partial charge in [0.1, 0.15) is 5.82 Å². The molecule has 0 aliphatic carbocycles. The zero-order chi connectivity index (χ0) is 12.3. The zero-order valence-corrected chi connectivity index (χ0v) is 11.6. The van der Waals surface area contributed by atoms with Crippen LogP contribution in [0.2, 0.25) is 5.02 Å². The lowest BCUT2D eigenvalue weighted by molar-refractivity contribution is 0.891. The quantitative estimate of drug-likeness (QED) is 0.868. The van der Waals surface area contributed by atoms with Gasteiger partial charge in [-0.1, -0.05) is 17.7 Å². The summed E-state index contributed by atoms with van der Waals surface area (Å²) in [5, 5.41) is 0.630. The minimum Gasteiger partial charge on any atom is -0.354 e. The van der Waals surface area contributed by atoms with Gasteiger partial charge in [0.25, 0.3) is 0 Å². The van der Waals surface area contributed by atoms with Crippen LogP contribution in [0.25, 0.3) is 0 Å². The molecule has 0 saturated heterocycles. The minimum absolute atomic E-state index is 0.630. The Labute approximate surface area is 114 Å². The third kappa shape index (κ3) is 3.17. The van der Waals surface area contributed by atoms with E-state index in [-0.39, 0.29) is 0 Å². The molecule has 0 saturated carbocycles. The molecule has 0 fully saturated rings. The van der Waals surface area contributed by atoms with Crippen LogP contribution >= 0.6 is 27.5 Å². The predicted octanol–water partition coefficient (Wildman–Crippen LogP) is 3.53. The van der Waals surface area contributed by atoms with Gasteiger partial charge in [0.2, 0.25) is 0 Å². The second kappa shape index (κ2) is 5.47. The fourth-order valence-electron chi connectivity index (χ4n) is 1.53. The molecule has 0 unspecified atom stereocenters. The SMILES string of the molecule is CN(Cc1cccnc1)c1ncc(Br)cc1Cl. The van der Waals surface area contributed by atoms with Crippen molar-refractivity contribution in [2.75, 3.05) is 11.9 Å². The van der Waals surface area contributed by atoms with E-state index in [1.54, 1.807) is 12.4 Å². The van der Waals surface area contributed by atoms with Gasteiger partial charge in [0.05, 0.1) is 5.02 Å². The Balaban J connectivity index is 2.17. The van der Waals surface area contributed by atoms with Gasteiger partial charge in [-0.05, 0) is 33.6 Å². The monoisotopic (exact) mass is 311 g/mol. The van der Waals surface area contributed by atoms with Crippen LogP contribution < -0.4 is 4.90 Å². The average Bonchev–Trinajstić information content (AvgIpc) is 2.30. The van der Waals surface area contributed by atoms with Crippen molar-refractivity contribution in [3.05, 3.63) is 51.8 Å². The molecular weight excluding hydrogens is 302 g/mol. The zero-order valence-electron chi connectivity index (χ0n) is 9.27. The molecule has 0 radical (unpaired) electrons. The first-order valence-electron chi connectivity index (χ1n) is 5.08. The van der Waals surface area contributed by atoms with Crippen LogP contribution in [0.1, 0.15) is 5.56 Å². The van der Waals surface area contributed by atoms with Gasteiger partial charge in [-0.15, -0.1) is 0 Å². The summed E-state index contributed by atoms with van der Waals surface area (Å²) in [5.74, 6) is 0.763. The summed E-state index contributed by atoms with van der Waals surface area (Å²) in [7, 11) is 1.95. The summed E-state index contributed by atoms with van der Waals surface area (Å²) >= 11 is 9.48. The van der Waals surface area contributed by atoms with E-state index >= 15 is 0 Å². The van der Waals surface area contributed by atoms with E-state index in [0.29, 0.717) is 5.02 Å². The van der Waals surface area contributed by atoms with Crippen molar-refractivity contribution >= 4 is 33.3 Å². The van der Waals surface area contributed by atoms with Crippen molar-refractivity contribution < 1.29 is 0 Å². The Morgan fingerprint density at radius 3 is 2.88 bits per heavy atom. The Bertz CT molecular complexity index is 504. The smallest absolute Gasteiger partial charge is 0.147 e. The molecule has 0 bridgehead atoms. The van der Waals surface area contributed by atoms with Crippen molar-refractivity contribution in [2.24, 2.45) is 0 Å². The minimum atomic E-state index is 0.630. The molecule has 0 amide bonds. The highest BCUT2D eigenvalue weighted by Crippen LogP contribution is 2.26. The second-order valence-electron chi connectivity index (χ2n) is 3.68. The number of aromatic nitrogens is 2. The largest absolute Gasteiger partial charge is 0.354 e. The summed E-state index contributed by atoms with van der Waals surface area (Å²) in [4.78, 5) is 10.4. The van der Waals surface area contributed by atoms with Crippen LogP contribution in [-0.2, 0) is 6.54 Å². The van der Waals surface area contributed by atoms with Gasteiger partial charge >= 0.3 is 0 Å². The summed E-state index contributed by atoms with van der Waals surface area (Å²) in [6, 6.07) is 5.78. The normalized spacial score (nSPS) is 10.3. The van der Waals surface area contributed by atoms with E-state index in [9.17, 15) is 0 Å². The molecule has 88 valence electrons. The molecule has 3 nitrogen and oxygen atoms in total. The molecule has 0 aliphatic heterocycles. The van der Waals surface area contributed by atoms with Crippen molar-refractivity contribution in [1.29, 1.82) is 0 Å². The Morgan fingerprint density at radius 2 is 2.24 bits per heavy atom. The number of nitrogens with zero attached hydrogens (tertiary/aromatic N) is 3. The van der Waals surface area contributed by atoms with Gasteiger partial charge in [-0.3, -0.25) is 4.98 Å². The Morgan fingerprint density at radius 1 is 1.41 bits per heavy atom. The first-order valence-corrected chi connectivity index (χ1v) is 6.25. The summed E-state index contributed by atoms with van der Waals surface area (Å²) < 4.78 is 0.876. The second-order valence-corrected chi connectivity index (χ2v) is 5.00. The van der Waals surface area contributed by atoms with E-state index in [1.807, 2.05) is 36.3 Å². The molecule has 5 heteroatoms. The van der Waals surface area contributed by atoms with Gasteiger partial charge in [0.15, 0.2) is 0 Å². The van der Waals surface area contributed by atoms with Crippen LogP contribution in [-0.4, -0.2) is 17.0 Å². The molecule has 2 aromatic heterocycles. The van der Waals surface area contributed by atoms with Crippen LogP contribution in [0.4, 0.5) is 5.82 Å². The molecule has 0 atom stereocenters. The maximum atomic E-state index is 6.14. The molecule has 0 aromatic carbocycles. The van der Waals surface area contributed by atoms with E-state index in [2.05, 4.69) is 25.9 Å². The van der Waals surface area contributed by atoms with E-state index in [4.69, 9.17) is 11.6 Å². The highest BCUT2D eigenvalue weighted by Gasteiger charge is 2.08. The predicted molar refractivity (Wildman–Crippen MR) is 73.3 cm³/mol. The molecular formula is C12H11BrClN3. The fourth-order valence-corrected chi connectivity index (χ4v) is 2.30. The van der Waals surface area contributed by atoms with Gasteiger partial charge < -0.3 is 4.90 Å². The van der Waals surface area contributed by atoms with Crippen LogP contribution in [0.3, 0.4) is 0 Å². The van der Waals surface area contributed by atoms with Gasteiger partial charge in [-0.2, -0.15) is 0 Å². The van der Waals surface area contributed by atoms with Gasteiger partial charge in [-0.25, -0.2) is 4.98 Å². The van der Waals surface area contributed by atoms with Crippen molar-refractivity contribution in [3.8, 4) is 0 Å². The first kappa shape index (κ1) is 12.3. The first-order chi connectivity index (χ1) is 8.16. The van der Waals surface area contributed by atoms with E-state index in [1.165, 1.54) is 0 Å². The number of pyridine rings is 2. The number of anilines is 1. The third-order valence-corrected chi connectivity index (χ3v) is 3.00. The third-order valence-electron chi connectivity index (χ3n) is 2.29. The number of rotatable bonds is 3. The summed E-state index contributed by atoms with van der Waals surface area (Å²) in [6.07, 6.45) is 5.33. The summed E-state index contributed by atoms with van der Waals surface area (Å²) in [6.45, 7) is 0.724. The molecule has 0 N–H and O–H groups in total. The molecule has 2 aromatic rings. The number of halogens is 2. The van der Waals surface area contributed by atoms with Crippen molar-refractivity contribution in [2.45, 2.75) is 6.54 Å². The Hall–Kier alpha value is -1.13. The number of hydrogen-bond acceptors (Lipinski definition) is 3. The lowest BCUT2D eigenvalue weighted by Crippen LogP contribution is -2.18. The van der Waals surface area contributed by atoms with E-state index in [0.717, 1.165) is 22.4 Å². The summed E-state index contributed by atoms with van der Waals surface area (Å²) in [5.41, 5.74) is 1.12. The molecule has 2 heterocycles. The van der Waals surface area contributed by atoms with Crippen LogP contribution in [0.5, 0.6) is 0 Å². The maximum absolute atomic E-state index is 6.14. The lowest BCUT2D eigenvalue weighted by Gasteiger charge is -2.19. The fraction of sp³-hybridized carbons (Fsp3) is 0.167. The Kier molecular flexibility index (Phi) is 3.97. The highest BCUT2D eigenvalue weighted by atomic mass is 79.9. The highest BCUT2D eigenvalue weighted by molar-refractivity contribution is 9.10.